The normalized spacial score (nSPS) is 10.2. The van der Waals surface area contributed by atoms with E-state index in [1.165, 1.54) is 17.4 Å². The Balaban J connectivity index is 2.95. The fourth-order valence-electron chi connectivity index (χ4n) is 1.16. The van der Waals surface area contributed by atoms with E-state index in [0.29, 0.717) is 5.56 Å². The predicted octanol–water partition coefficient (Wildman–Crippen LogP) is 3.24. The number of fused-ring (bicyclic) bond motifs is 1. The van der Waals surface area contributed by atoms with Gasteiger partial charge in [-0.05, 0) is 33.4 Å². The van der Waals surface area contributed by atoms with E-state index >= 15 is 0 Å². The van der Waals surface area contributed by atoms with E-state index in [-0.39, 0.29) is 5.75 Å². The second-order valence-electron chi connectivity index (χ2n) is 2.53. The van der Waals surface area contributed by atoms with Crippen LogP contribution in [0.25, 0.3) is 10.1 Å². The zero-order valence-electron chi connectivity index (χ0n) is 6.41. The Hall–Kier alpha value is -1.05. The molecule has 1 N–H and O–H groups in total. The first kappa shape index (κ1) is 8.54. The molecule has 0 radical (unpaired) electrons. The van der Waals surface area contributed by atoms with Gasteiger partial charge in [0, 0.05) is 5.39 Å². The third-order valence-electron chi connectivity index (χ3n) is 1.78. The molecule has 0 unspecified atom stereocenters. The molecule has 13 heavy (non-hydrogen) atoms. The van der Waals surface area contributed by atoms with Gasteiger partial charge < -0.3 is 5.11 Å². The first-order valence-corrected chi connectivity index (χ1v) is 5.20. The molecule has 64 valence electrons. The Labute approximate surface area is 87.2 Å². The van der Waals surface area contributed by atoms with Crippen molar-refractivity contribution in [2.45, 2.75) is 0 Å². The standard InChI is InChI=1S/C9H4BrNOS/c10-8-5(4-11)3-7(12)6-1-2-13-9(6)8/h1-3,12H. The van der Waals surface area contributed by atoms with E-state index in [4.69, 9.17) is 5.26 Å². The average molecular weight is 254 g/mol. The second-order valence-corrected chi connectivity index (χ2v) is 4.24. The van der Waals surface area contributed by atoms with Gasteiger partial charge in [-0.15, -0.1) is 11.3 Å². The summed E-state index contributed by atoms with van der Waals surface area (Å²) in [5.74, 6) is 0.163. The lowest BCUT2D eigenvalue weighted by atomic mass is 10.2. The second kappa shape index (κ2) is 3.02. The van der Waals surface area contributed by atoms with Gasteiger partial charge in [0.05, 0.1) is 14.7 Å². The molecule has 1 aromatic carbocycles. The van der Waals surface area contributed by atoms with Crippen LogP contribution in [0.2, 0.25) is 0 Å². The van der Waals surface area contributed by atoms with Gasteiger partial charge in [0.1, 0.15) is 11.8 Å². The number of hydrogen-bond donors (Lipinski definition) is 1. The van der Waals surface area contributed by atoms with E-state index in [1.54, 1.807) is 0 Å². The quantitative estimate of drug-likeness (QED) is 0.784. The molecule has 0 bridgehead atoms. The molecule has 0 amide bonds. The summed E-state index contributed by atoms with van der Waals surface area (Å²) >= 11 is 4.83. The Morgan fingerprint density at radius 1 is 1.54 bits per heavy atom. The summed E-state index contributed by atoms with van der Waals surface area (Å²) in [6, 6.07) is 5.32. The van der Waals surface area contributed by atoms with Crippen LogP contribution >= 0.6 is 27.3 Å². The molecular weight excluding hydrogens is 250 g/mol. The number of halogens is 1. The van der Waals surface area contributed by atoms with Gasteiger partial charge >= 0.3 is 0 Å². The van der Waals surface area contributed by atoms with E-state index in [0.717, 1.165) is 14.6 Å². The summed E-state index contributed by atoms with van der Waals surface area (Å²) in [4.78, 5) is 0. The number of hydrogen-bond acceptors (Lipinski definition) is 3. The van der Waals surface area contributed by atoms with Crippen LogP contribution in [-0.2, 0) is 0 Å². The molecule has 2 aromatic rings. The lowest BCUT2D eigenvalue weighted by Crippen LogP contribution is -1.77. The molecule has 2 nitrogen and oxygen atoms in total. The maximum atomic E-state index is 9.53. The first-order valence-electron chi connectivity index (χ1n) is 3.53. The fourth-order valence-corrected chi connectivity index (χ4v) is 2.71. The lowest BCUT2D eigenvalue weighted by Gasteiger charge is -1.99. The summed E-state index contributed by atoms with van der Waals surface area (Å²) in [6.07, 6.45) is 0. The van der Waals surface area contributed by atoms with Gasteiger partial charge in [0.25, 0.3) is 0 Å². The van der Waals surface area contributed by atoms with Crippen LogP contribution in [0.15, 0.2) is 22.0 Å². The van der Waals surface area contributed by atoms with E-state index in [9.17, 15) is 5.11 Å². The van der Waals surface area contributed by atoms with Crippen LogP contribution in [0.5, 0.6) is 5.75 Å². The summed E-state index contributed by atoms with van der Waals surface area (Å²) in [7, 11) is 0. The van der Waals surface area contributed by atoms with Crippen molar-refractivity contribution in [2.75, 3.05) is 0 Å². The molecule has 0 aliphatic heterocycles. The zero-order valence-corrected chi connectivity index (χ0v) is 8.82. The predicted molar refractivity (Wildman–Crippen MR) is 55.9 cm³/mol. The van der Waals surface area contributed by atoms with Crippen LogP contribution in [0.4, 0.5) is 0 Å². The van der Waals surface area contributed by atoms with Gasteiger partial charge in [-0.1, -0.05) is 0 Å². The van der Waals surface area contributed by atoms with E-state index in [2.05, 4.69) is 15.9 Å². The molecule has 0 aliphatic carbocycles. The fraction of sp³-hybridized carbons (Fsp3) is 0. The van der Waals surface area contributed by atoms with E-state index in [1.807, 2.05) is 17.5 Å². The highest BCUT2D eigenvalue weighted by atomic mass is 79.9. The van der Waals surface area contributed by atoms with Gasteiger partial charge in [-0.3, -0.25) is 0 Å². The van der Waals surface area contributed by atoms with Crippen LogP contribution in [0.3, 0.4) is 0 Å². The Morgan fingerprint density at radius 3 is 3.00 bits per heavy atom. The summed E-state index contributed by atoms with van der Waals surface area (Å²) in [6.45, 7) is 0. The van der Waals surface area contributed by atoms with Crippen molar-refractivity contribution in [2.24, 2.45) is 0 Å². The number of aromatic hydroxyl groups is 1. The molecular formula is C9H4BrNOS. The molecule has 0 spiro atoms. The van der Waals surface area contributed by atoms with Crippen LogP contribution < -0.4 is 0 Å². The lowest BCUT2D eigenvalue weighted by molar-refractivity contribution is 0.481. The van der Waals surface area contributed by atoms with Crippen LogP contribution in [0.1, 0.15) is 5.56 Å². The van der Waals surface area contributed by atoms with Crippen molar-refractivity contribution in [3.8, 4) is 11.8 Å². The molecule has 0 saturated heterocycles. The number of phenolic OH excluding ortho intramolecular Hbond substituents is 1. The number of rotatable bonds is 0. The average Bonchev–Trinajstić information content (AvgIpc) is 2.60. The molecule has 2 rings (SSSR count). The molecule has 0 atom stereocenters. The van der Waals surface area contributed by atoms with Crippen molar-refractivity contribution in [3.63, 3.8) is 0 Å². The van der Waals surface area contributed by atoms with Crippen molar-refractivity contribution < 1.29 is 5.11 Å². The topological polar surface area (TPSA) is 44.0 Å². The molecule has 1 heterocycles. The maximum absolute atomic E-state index is 9.53. The molecule has 4 heteroatoms. The van der Waals surface area contributed by atoms with Gasteiger partial charge in [-0.2, -0.15) is 5.26 Å². The highest BCUT2D eigenvalue weighted by Crippen LogP contribution is 2.37. The number of phenols is 1. The monoisotopic (exact) mass is 253 g/mol. The van der Waals surface area contributed by atoms with Crippen molar-refractivity contribution in [3.05, 3.63) is 27.5 Å². The largest absolute Gasteiger partial charge is 0.507 e. The maximum Gasteiger partial charge on any atom is 0.125 e. The van der Waals surface area contributed by atoms with Crippen LogP contribution in [-0.4, -0.2) is 5.11 Å². The minimum absolute atomic E-state index is 0.163. The Kier molecular flexibility index (Phi) is 1.98. The van der Waals surface area contributed by atoms with Crippen LogP contribution in [0, 0.1) is 11.3 Å². The molecule has 1 aromatic heterocycles. The molecule has 0 saturated carbocycles. The van der Waals surface area contributed by atoms with Gasteiger partial charge in [0.2, 0.25) is 0 Å². The first-order chi connectivity index (χ1) is 6.24. The van der Waals surface area contributed by atoms with Gasteiger partial charge in [0.15, 0.2) is 0 Å². The highest BCUT2D eigenvalue weighted by molar-refractivity contribution is 9.10. The number of benzene rings is 1. The smallest absolute Gasteiger partial charge is 0.125 e. The molecule has 0 fully saturated rings. The number of nitriles is 1. The Morgan fingerprint density at radius 2 is 2.31 bits per heavy atom. The summed E-state index contributed by atoms with van der Waals surface area (Å²) in [5, 5.41) is 21.0. The molecule has 0 aliphatic rings. The van der Waals surface area contributed by atoms with Crippen molar-refractivity contribution >= 4 is 37.4 Å². The highest BCUT2D eigenvalue weighted by Gasteiger charge is 2.09. The third kappa shape index (κ3) is 1.21. The minimum Gasteiger partial charge on any atom is -0.507 e. The zero-order chi connectivity index (χ0) is 9.42. The van der Waals surface area contributed by atoms with Crippen molar-refractivity contribution in [1.29, 1.82) is 5.26 Å². The number of thiophene rings is 1. The summed E-state index contributed by atoms with van der Waals surface area (Å²) in [5.41, 5.74) is 0.465. The number of nitrogens with zero attached hydrogens (tertiary/aromatic N) is 1. The van der Waals surface area contributed by atoms with E-state index < -0.39 is 0 Å². The van der Waals surface area contributed by atoms with Crippen molar-refractivity contribution in [1.82, 2.24) is 0 Å². The summed E-state index contributed by atoms with van der Waals surface area (Å²) < 4.78 is 1.68. The minimum atomic E-state index is 0.163. The van der Waals surface area contributed by atoms with Gasteiger partial charge in [-0.25, -0.2) is 0 Å². The Bertz CT molecular complexity index is 512. The third-order valence-corrected chi connectivity index (χ3v) is 3.80. The SMILES string of the molecule is N#Cc1cc(O)c2ccsc2c1Br.